The number of nitrogens with zero attached hydrogens (tertiary/aromatic N) is 2. The summed E-state index contributed by atoms with van der Waals surface area (Å²) in [6, 6.07) is 3.84. The Morgan fingerprint density at radius 2 is 1.81 bits per heavy atom. The van der Waals surface area contributed by atoms with E-state index in [-0.39, 0.29) is 29.4 Å². The second-order valence-electron chi connectivity index (χ2n) is 5.06. The number of rotatable bonds is 4. The quantitative estimate of drug-likeness (QED) is 0.751. The molecule has 1 aliphatic rings. The summed E-state index contributed by atoms with van der Waals surface area (Å²) in [6.07, 6.45) is 1.17. The van der Waals surface area contributed by atoms with E-state index < -0.39 is 10.0 Å². The molecular weight excluding hydrogens is 296 g/mol. The predicted molar refractivity (Wildman–Crippen MR) is 77.0 cm³/mol. The van der Waals surface area contributed by atoms with Crippen LogP contribution in [0, 0.1) is 0 Å². The van der Waals surface area contributed by atoms with Gasteiger partial charge in [0.1, 0.15) is 11.5 Å². The van der Waals surface area contributed by atoms with Crippen LogP contribution in [0.5, 0.6) is 11.5 Å². The van der Waals surface area contributed by atoms with Gasteiger partial charge in [0, 0.05) is 32.2 Å². The third-order valence-corrected chi connectivity index (χ3v) is 4.75. The standard InChI is InChI=1S/C13H18N2O5S/c1-21(19,20)15-6-4-14(5-7-15)9-13(18)11-3-2-10(16)8-12(11)17/h2-3,8,16-17H,4-7,9H2,1H3. The number of phenolic OH excluding ortho intramolecular Hbond substituents is 2. The number of carbonyl (C=O) groups is 1. The lowest BCUT2D eigenvalue weighted by Gasteiger charge is -2.32. The Morgan fingerprint density at radius 1 is 1.19 bits per heavy atom. The van der Waals surface area contributed by atoms with E-state index in [9.17, 15) is 23.4 Å². The van der Waals surface area contributed by atoms with Gasteiger partial charge in [-0.15, -0.1) is 0 Å². The number of ketones is 1. The number of phenols is 2. The zero-order valence-corrected chi connectivity index (χ0v) is 12.5. The molecule has 0 saturated carbocycles. The van der Waals surface area contributed by atoms with Crippen LogP contribution in [-0.2, 0) is 10.0 Å². The first-order valence-corrected chi connectivity index (χ1v) is 8.35. The average Bonchev–Trinajstić information content (AvgIpc) is 2.38. The van der Waals surface area contributed by atoms with Crippen molar-refractivity contribution in [3.05, 3.63) is 23.8 Å². The van der Waals surface area contributed by atoms with Gasteiger partial charge in [-0.2, -0.15) is 4.31 Å². The van der Waals surface area contributed by atoms with Gasteiger partial charge in [-0.3, -0.25) is 9.69 Å². The minimum Gasteiger partial charge on any atom is -0.508 e. The first-order valence-electron chi connectivity index (χ1n) is 6.50. The largest absolute Gasteiger partial charge is 0.508 e. The maximum Gasteiger partial charge on any atom is 0.211 e. The molecule has 116 valence electrons. The van der Waals surface area contributed by atoms with Gasteiger partial charge in [0.25, 0.3) is 0 Å². The van der Waals surface area contributed by atoms with Crippen molar-refractivity contribution in [3.8, 4) is 11.5 Å². The lowest BCUT2D eigenvalue weighted by molar-refractivity contribution is 0.0899. The van der Waals surface area contributed by atoms with Crippen molar-refractivity contribution < 1.29 is 23.4 Å². The molecule has 1 aromatic rings. The van der Waals surface area contributed by atoms with Gasteiger partial charge in [-0.05, 0) is 12.1 Å². The minimum absolute atomic E-state index is 0.106. The van der Waals surface area contributed by atoms with Crippen LogP contribution >= 0.6 is 0 Å². The molecule has 1 aliphatic heterocycles. The smallest absolute Gasteiger partial charge is 0.211 e. The number of hydrogen-bond acceptors (Lipinski definition) is 6. The normalized spacial score (nSPS) is 17.8. The third-order valence-electron chi connectivity index (χ3n) is 3.45. The van der Waals surface area contributed by atoms with Crippen LogP contribution in [0.25, 0.3) is 0 Å². The first kappa shape index (κ1) is 15.7. The highest BCUT2D eigenvalue weighted by Crippen LogP contribution is 2.23. The molecule has 0 amide bonds. The number of benzene rings is 1. The zero-order chi connectivity index (χ0) is 15.6. The topological polar surface area (TPSA) is 98.2 Å². The molecule has 1 fully saturated rings. The van der Waals surface area contributed by atoms with Gasteiger partial charge >= 0.3 is 0 Å². The molecule has 1 aromatic carbocycles. The molecule has 0 unspecified atom stereocenters. The number of sulfonamides is 1. The van der Waals surface area contributed by atoms with Gasteiger partial charge in [-0.1, -0.05) is 0 Å². The highest BCUT2D eigenvalue weighted by molar-refractivity contribution is 7.88. The highest BCUT2D eigenvalue weighted by Gasteiger charge is 2.25. The van der Waals surface area contributed by atoms with Gasteiger partial charge < -0.3 is 10.2 Å². The lowest BCUT2D eigenvalue weighted by Crippen LogP contribution is -2.49. The van der Waals surface area contributed by atoms with E-state index in [1.807, 2.05) is 4.90 Å². The average molecular weight is 314 g/mol. The fourth-order valence-electron chi connectivity index (χ4n) is 2.26. The van der Waals surface area contributed by atoms with Gasteiger partial charge in [-0.25, -0.2) is 8.42 Å². The second-order valence-corrected chi connectivity index (χ2v) is 7.05. The van der Waals surface area contributed by atoms with Crippen molar-refractivity contribution in [1.82, 2.24) is 9.21 Å². The van der Waals surface area contributed by atoms with Crippen LogP contribution in [0.3, 0.4) is 0 Å². The summed E-state index contributed by atoms with van der Waals surface area (Å²) in [5.74, 6) is -0.624. The fourth-order valence-corrected chi connectivity index (χ4v) is 3.09. The molecule has 2 rings (SSSR count). The molecule has 21 heavy (non-hydrogen) atoms. The van der Waals surface area contributed by atoms with Crippen LogP contribution in [-0.4, -0.2) is 72.6 Å². The molecule has 1 heterocycles. The Bertz CT molecular complexity index is 636. The maximum atomic E-state index is 12.1. The molecule has 7 nitrogen and oxygen atoms in total. The van der Waals surface area contributed by atoms with Crippen molar-refractivity contribution in [2.45, 2.75) is 0 Å². The summed E-state index contributed by atoms with van der Waals surface area (Å²) in [5, 5.41) is 18.9. The number of Topliss-reactive ketones (excluding diaryl/α,β-unsaturated/α-hetero) is 1. The summed E-state index contributed by atoms with van der Waals surface area (Å²) in [5.41, 5.74) is 0.151. The number of hydrogen-bond donors (Lipinski definition) is 2. The lowest BCUT2D eigenvalue weighted by atomic mass is 10.1. The van der Waals surface area contributed by atoms with E-state index in [1.165, 1.54) is 22.7 Å². The summed E-state index contributed by atoms with van der Waals surface area (Å²) in [7, 11) is -3.19. The first-order chi connectivity index (χ1) is 9.77. The Hall–Kier alpha value is -1.64. The summed E-state index contributed by atoms with van der Waals surface area (Å²) in [4.78, 5) is 14.0. The molecule has 8 heteroatoms. The van der Waals surface area contributed by atoms with Gasteiger partial charge in [0.05, 0.1) is 18.4 Å². The molecule has 0 bridgehead atoms. The van der Waals surface area contributed by atoms with Crippen LogP contribution in [0.15, 0.2) is 18.2 Å². The Morgan fingerprint density at radius 3 is 2.33 bits per heavy atom. The minimum atomic E-state index is -3.19. The predicted octanol–water partition coefficient (Wildman–Crippen LogP) is -0.142. The highest BCUT2D eigenvalue weighted by atomic mass is 32.2. The number of aromatic hydroxyl groups is 2. The number of carbonyl (C=O) groups excluding carboxylic acids is 1. The third kappa shape index (κ3) is 3.93. The van der Waals surface area contributed by atoms with Gasteiger partial charge in [0.15, 0.2) is 5.78 Å². The fraction of sp³-hybridized carbons (Fsp3) is 0.462. The molecule has 0 aliphatic carbocycles. The molecule has 0 radical (unpaired) electrons. The molecule has 0 spiro atoms. The van der Waals surface area contributed by atoms with Crippen LogP contribution in [0.1, 0.15) is 10.4 Å². The second kappa shape index (κ2) is 6.00. The SMILES string of the molecule is CS(=O)(=O)N1CCN(CC(=O)c2ccc(O)cc2O)CC1. The summed E-state index contributed by atoms with van der Waals surface area (Å²) in [6.45, 7) is 1.76. The van der Waals surface area contributed by atoms with Crippen molar-refractivity contribution in [2.75, 3.05) is 39.0 Å². The monoisotopic (exact) mass is 314 g/mol. The zero-order valence-electron chi connectivity index (χ0n) is 11.7. The molecule has 0 atom stereocenters. The Balaban J connectivity index is 1.96. The van der Waals surface area contributed by atoms with E-state index >= 15 is 0 Å². The van der Waals surface area contributed by atoms with E-state index in [4.69, 9.17) is 0 Å². The molecular formula is C13H18N2O5S. The molecule has 2 N–H and O–H groups in total. The van der Waals surface area contributed by atoms with E-state index in [0.29, 0.717) is 26.2 Å². The summed E-state index contributed by atoms with van der Waals surface area (Å²) >= 11 is 0. The van der Waals surface area contributed by atoms with E-state index in [0.717, 1.165) is 6.07 Å². The van der Waals surface area contributed by atoms with Crippen LogP contribution in [0.2, 0.25) is 0 Å². The summed E-state index contributed by atoms with van der Waals surface area (Å²) < 4.78 is 24.2. The number of piperazine rings is 1. The maximum absolute atomic E-state index is 12.1. The molecule has 1 saturated heterocycles. The Labute approximate surface area is 123 Å². The van der Waals surface area contributed by atoms with Crippen molar-refractivity contribution >= 4 is 15.8 Å². The van der Waals surface area contributed by atoms with E-state index in [2.05, 4.69) is 0 Å². The van der Waals surface area contributed by atoms with Crippen molar-refractivity contribution in [1.29, 1.82) is 0 Å². The van der Waals surface area contributed by atoms with Crippen LogP contribution < -0.4 is 0 Å². The van der Waals surface area contributed by atoms with Crippen molar-refractivity contribution in [3.63, 3.8) is 0 Å². The van der Waals surface area contributed by atoms with Gasteiger partial charge in [0.2, 0.25) is 10.0 Å². The van der Waals surface area contributed by atoms with Crippen LogP contribution in [0.4, 0.5) is 0 Å². The van der Waals surface area contributed by atoms with E-state index in [1.54, 1.807) is 0 Å². The molecule has 0 aromatic heterocycles. The van der Waals surface area contributed by atoms with Crippen molar-refractivity contribution in [2.24, 2.45) is 0 Å². The Kier molecular flexibility index (Phi) is 4.50.